The van der Waals surface area contributed by atoms with Crippen LogP contribution >= 0.6 is 0 Å². The Balaban J connectivity index is 1.29. The van der Waals surface area contributed by atoms with E-state index in [4.69, 9.17) is 4.42 Å². The summed E-state index contributed by atoms with van der Waals surface area (Å²) >= 11 is 0. The van der Waals surface area contributed by atoms with Gasteiger partial charge in [0.05, 0.1) is 6.26 Å². The third-order valence-electron chi connectivity index (χ3n) is 7.36. The van der Waals surface area contributed by atoms with Crippen LogP contribution in [0.4, 0.5) is 0 Å². The molecule has 3 heterocycles. The van der Waals surface area contributed by atoms with E-state index >= 15 is 0 Å². The van der Waals surface area contributed by atoms with Gasteiger partial charge >= 0.3 is 0 Å². The van der Waals surface area contributed by atoms with E-state index in [-0.39, 0.29) is 11.9 Å². The minimum absolute atomic E-state index is 0.00802. The molecule has 1 amide bonds. The van der Waals surface area contributed by atoms with Gasteiger partial charge in [0.2, 0.25) is 0 Å². The van der Waals surface area contributed by atoms with Crippen molar-refractivity contribution in [2.45, 2.75) is 31.8 Å². The van der Waals surface area contributed by atoms with Gasteiger partial charge in [-0.2, -0.15) is 0 Å². The van der Waals surface area contributed by atoms with E-state index < -0.39 is 0 Å². The van der Waals surface area contributed by atoms with Crippen molar-refractivity contribution in [3.63, 3.8) is 0 Å². The average molecular weight is 480 g/mol. The van der Waals surface area contributed by atoms with Crippen molar-refractivity contribution in [1.82, 2.24) is 14.8 Å². The van der Waals surface area contributed by atoms with Gasteiger partial charge in [-0.15, -0.1) is 0 Å². The minimum Gasteiger partial charge on any atom is -0.464 e. The summed E-state index contributed by atoms with van der Waals surface area (Å²) in [5.74, 6) is 1.34. The number of hydrogen-bond acceptors (Lipinski definition) is 4. The third-order valence-corrected chi connectivity index (χ3v) is 7.36. The van der Waals surface area contributed by atoms with Crippen LogP contribution in [0.5, 0.6) is 0 Å². The monoisotopic (exact) mass is 479 g/mol. The summed E-state index contributed by atoms with van der Waals surface area (Å²) in [5.41, 5.74) is 4.21. The molecule has 0 aliphatic carbocycles. The number of carbonyl (C=O) groups excluding carboxylic acids is 1. The molecule has 1 aliphatic rings. The fourth-order valence-corrected chi connectivity index (χ4v) is 5.36. The maximum absolute atomic E-state index is 13.3. The zero-order valence-electron chi connectivity index (χ0n) is 20.8. The molecule has 184 valence electrons. The number of rotatable bonds is 8. The number of hydrogen-bond donors (Lipinski definition) is 0. The zero-order chi connectivity index (χ0) is 24.7. The first-order valence-corrected chi connectivity index (χ1v) is 12.8. The number of piperidine rings is 1. The molecule has 2 aromatic carbocycles. The van der Waals surface area contributed by atoms with Gasteiger partial charge in [-0.3, -0.25) is 14.7 Å². The minimum atomic E-state index is -0.00802. The largest absolute Gasteiger partial charge is 0.464 e. The molecule has 1 saturated heterocycles. The Hall–Kier alpha value is -3.70. The summed E-state index contributed by atoms with van der Waals surface area (Å²) in [6.45, 7) is 2.91. The van der Waals surface area contributed by atoms with Gasteiger partial charge in [0.15, 0.2) is 0 Å². The molecule has 1 aliphatic heterocycles. The molecular weight excluding hydrogens is 446 g/mol. The molecule has 0 unspecified atom stereocenters. The Morgan fingerprint density at radius 1 is 0.972 bits per heavy atom. The smallest absolute Gasteiger partial charge is 0.272 e. The fraction of sp³-hybridized carbons (Fsp3) is 0.290. The average Bonchev–Trinajstić information content (AvgIpc) is 3.48. The van der Waals surface area contributed by atoms with Crippen molar-refractivity contribution >= 4 is 5.91 Å². The van der Waals surface area contributed by atoms with Crippen LogP contribution in [0.3, 0.4) is 0 Å². The SMILES string of the molecule is CN(C(=O)c1ccccn1)[C@@H](Cc1ccccc1)C1CCN(Cc2ccccc2-c2ccco2)CC1. The summed E-state index contributed by atoms with van der Waals surface area (Å²) in [6, 6.07) is 28.6. The van der Waals surface area contributed by atoms with Crippen LogP contribution in [0.25, 0.3) is 11.3 Å². The number of benzene rings is 2. The lowest BCUT2D eigenvalue weighted by Gasteiger charge is -2.40. The summed E-state index contributed by atoms with van der Waals surface area (Å²) in [5, 5.41) is 0. The molecule has 4 aromatic rings. The third kappa shape index (κ3) is 5.58. The Morgan fingerprint density at radius 2 is 1.72 bits per heavy atom. The second kappa shape index (κ2) is 11.4. The molecule has 2 aromatic heterocycles. The van der Waals surface area contributed by atoms with Crippen molar-refractivity contribution in [1.29, 1.82) is 0 Å². The predicted octanol–water partition coefficient (Wildman–Crippen LogP) is 5.94. The number of nitrogens with zero attached hydrogens (tertiary/aromatic N) is 3. The van der Waals surface area contributed by atoms with Gasteiger partial charge in [-0.05, 0) is 73.7 Å². The van der Waals surface area contributed by atoms with E-state index in [0.29, 0.717) is 11.6 Å². The molecule has 5 heteroatoms. The summed E-state index contributed by atoms with van der Waals surface area (Å²) in [4.78, 5) is 22.1. The van der Waals surface area contributed by atoms with Gasteiger partial charge in [-0.25, -0.2) is 0 Å². The molecule has 36 heavy (non-hydrogen) atoms. The number of carbonyl (C=O) groups is 1. The maximum atomic E-state index is 13.3. The predicted molar refractivity (Wildman–Crippen MR) is 142 cm³/mol. The lowest BCUT2D eigenvalue weighted by Crippen LogP contribution is -2.47. The first kappa shape index (κ1) is 24.0. The van der Waals surface area contributed by atoms with Crippen molar-refractivity contribution in [3.8, 4) is 11.3 Å². The highest BCUT2D eigenvalue weighted by Crippen LogP contribution is 2.30. The molecule has 1 fully saturated rings. The fourth-order valence-electron chi connectivity index (χ4n) is 5.36. The van der Waals surface area contributed by atoms with Crippen molar-refractivity contribution < 1.29 is 9.21 Å². The van der Waals surface area contributed by atoms with E-state index in [0.717, 1.165) is 50.2 Å². The van der Waals surface area contributed by atoms with Crippen LogP contribution in [-0.2, 0) is 13.0 Å². The Bertz CT molecular complexity index is 1230. The van der Waals surface area contributed by atoms with Gasteiger partial charge in [-0.1, -0.05) is 60.7 Å². The lowest BCUT2D eigenvalue weighted by molar-refractivity contribution is 0.0579. The highest BCUT2D eigenvalue weighted by atomic mass is 16.3. The number of likely N-dealkylation sites (tertiary alicyclic amines) is 1. The molecule has 0 spiro atoms. The number of amides is 1. The number of furan rings is 1. The summed E-state index contributed by atoms with van der Waals surface area (Å²) < 4.78 is 5.68. The molecule has 5 rings (SSSR count). The zero-order valence-corrected chi connectivity index (χ0v) is 20.8. The molecule has 1 atom stereocenters. The maximum Gasteiger partial charge on any atom is 0.272 e. The topological polar surface area (TPSA) is 49.6 Å². The summed E-state index contributed by atoms with van der Waals surface area (Å²) in [7, 11) is 1.94. The van der Waals surface area contributed by atoms with Crippen molar-refractivity contribution in [2.75, 3.05) is 20.1 Å². The van der Waals surface area contributed by atoms with Crippen LogP contribution < -0.4 is 0 Å². The molecule has 0 bridgehead atoms. The second-order valence-corrected chi connectivity index (χ2v) is 9.64. The summed E-state index contributed by atoms with van der Waals surface area (Å²) in [6.07, 6.45) is 6.38. The van der Waals surface area contributed by atoms with Gasteiger partial charge in [0, 0.05) is 31.4 Å². The number of aromatic nitrogens is 1. The van der Waals surface area contributed by atoms with Crippen molar-refractivity contribution in [2.24, 2.45) is 5.92 Å². The first-order valence-electron chi connectivity index (χ1n) is 12.8. The molecular formula is C31H33N3O2. The van der Waals surface area contributed by atoms with E-state index in [1.807, 2.05) is 42.3 Å². The number of pyridine rings is 1. The van der Waals surface area contributed by atoms with E-state index in [1.165, 1.54) is 11.1 Å². The highest BCUT2D eigenvalue weighted by molar-refractivity contribution is 5.92. The van der Waals surface area contributed by atoms with E-state index in [1.54, 1.807) is 18.5 Å². The normalized spacial score (nSPS) is 15.5. The quantitative estimate of drug-likeness (QED) is 0.314. The number of likely N-dealkylation sites (N-methyl/N-ethyl adjacent to an activating group) is 1. The Labute approximate surface area is 213 Å². The Morgan fingerprint density at radius 3 is 2.44 bits per heavy atom. The molecule has 0 saturated carbocycles. The first-order chi connectivity index (χ1) is 17.7. The van der Waals surface area contributed by atoms with Crippen LogP contribution in [0.15, 0.2) is 102 Å². The lowest BCUT2D eigenvalue weighted by atomic mass is 9.84. The van der Waals surface area contributed by atoms with Gasteiger partial charge in [0.25, 0.3) is 5.91 Å². The van der Waals surface area contributed by atoms with E-state index in [2.05, 4.69) is 58.4 Å². The van der Waals surface area contributed by atoms with E-state index in [9.17, 15) is 4.79 Å². The Kier molecular flexibility index (Phi) is 7.58. The van der Waals surface area contributed by atoms with Crippen LogP contribution in [0.2, 0.25) is 0 Å². The van der Waals surface area contributed by atoms with Crippen LogP contribution in [0, 0.1) is 5.92 Å². The van der Waals surface area contributed by atoms with Crippen LogP contribution in [0.1, 0.15) is 34.5 Å². The van der Waals surface area contributed by atoms with Crippen molar-refractivity contribution in [3.05, 3.63) is 114 Å². The molecule has 0 N–H and O–H groups in total. The molecule has 5 nitrogen and oxygen atoms in total. The molecule has 0 radical (unpaired) electrons. The van der Waals surface area contributed by atoms with Gasteiger partial charge in [0.1, 0.15) is 11.5 Å². The van der Waals surface area contributed by atoms with Crippen LogP contribution in [-0.4, -0.2) is 46.9 Å². The van der Waals surface area contributed by atoms with Gasteiger partial charge < -0.3 is 9.32 Å². The standard InChI is InChI=1S/C31H33N3O2/c1-33(31(35)28-14-7-8-18-32-28)29(22-24-10-3-2-4-11-24)25-16-19-34(20-17-25)23-26-12-5-6-13-27(26)30-15-9-21-36-30/h2-15,18,21,25,29H,16-17,19-20,22-23H2,1H3/t29-/m0/s1. The highest BCUT2D eigenvalue weighted by Gasteiger charge is 2.32. The second-order valence-electron chi connectivity index (χ2n) is 9.64.